The smallest absolute Gasteiger partial charge is 0.375 e. The molecule has 0 aliphatic carbocycles. The quantitative estimate of drug-likeness (QED) is 0.906. The average Bonchev–Trinajstić information content (AvgIpc) is 2.81. The monoisotopic (exact) mass is 275 g/mol. The fourth-order valence-electron chi connectivity index (χ4n) is 1.73. The highest BCUT2D eigenvalue weighted by Crippen LogP contribution is 2.19. The van der Waals surface area contributed by atoms with Crippen molar-refractivity contribution in [2.24, 2.45) is 0 Å². The maximum absolute atomic E-state index is 10.9. The first-order valence-electron chi connectivity index (χ1n) is 6.45. The Morgan fingerprint density at radius 3 is 2.85 bits per heavy atom. The van der Waals surface area contributed by atoms with Gasteiger partial charge >= 0.3 is 5.97 Å². The molecule has 6 nitrogen and oxygen atoms in total. The summed E-state index contributed by atoms with van der Waals surface area (Å²) in [7, 11) is 0. The molecule has 0 saturated carbocycles. The van der Waals surface area contributed by atoms with Crippen LogP contribution in [0.3, 0.4) is 0 Å². The fourth-order valence-corrected chi connectivity index (χ4v) is 1.73. The maximum atomic E-state index is 10.9. The van der Waals surface area contributed by atoms with Gasteiger partial charge in [-0.3, -0.25) is 0 Å². The number of hydrogen-bond donors (Lipinski definition) is 1. The Balaban J connectivity index is 2.33. The Bertz CT molecular complexity index is 622. The normalized spacial score (nSPS) is 12.2. The van der Waals surface area contributed by atoms with Crippen LogP contribution in [0.15, 0.2) is 24.3 Å². The van der Waals surface area contributed by atoms with E-state index in [2.05, 4.69) is 17.0 Å². The van der Waals surface area contributed by atoms with E-state index in [1.165, 1.54) is 4.68 Å². The topological polar surface area (TPSA) is 77.2 Å². The minimum atomic E-state index is -1.14. The molecule has 0 aliphatic rings. The van der Waals surface area contributed by atoms with Gasteiger partial charge in [0.2, 0.25) is 0 Å². The third-order valence-electron chi connectivity index (χ3n) is 2.93. The molecule has 1 atom stereocenters. The molecule has 0 fully saturated rings. The van der Waals surface area contributed by atoms with Crippen LogP contribution in [0.4, 0.5) is 0 Å². The molecule has 1 aromatic heterocycles. The van der Waals surface area contributed by atoms with Gasteiger partial charge in [0.05, 0.1) is 11.8 Å². The molecule has 20 heavy (non-hydrogen) atoms. The van der Waals surface area contributed by atoms with Gasteiger partial charge in [-0.05, 0) is 32.4 Å². The molecule has 1 unspecified atom stereocenters. The Hall–Kier alpha value is -2.37. The zero-order chi connectivity index (χ0) is 14.7. The number of aromatic carboxylic acids is 1. The third-order valence-corrected chi connectivity index (χ3v) is 2.93. The van der Waals surface area contributed by atoms with E-state index in [4.69, 9.17) is 9.84 Å². The van der Waals surface area contributed by atoms with Crippen molar-refractivity contribution in [3.8, 4) is 11.4 Å². The summed E-state index contributed by atoms with van der Waals surface area (Å²) >= 11 is 0. The molecule has 0 aliphatic heterocycles. The van der Waals surface area contributed by atoms with Crippen molar-refractivity contribution >= 4 is 5.97 Å². The van der Waals surface area contributed by atoms with Crippen LogP contribution in [-0.4, -0.2) is 31.9 Å². The summed E-state index contributed by atoms with van der Waals surface area (Å²) in [6, 6.07) is 7.35. The van der Waals surface area contributed by atoms with Crippen molar-refractivity contribution in [3.05, 3.63) is 35.9 Å². The van der Waals surface area contributed by atoms with Crippen LogP contribution in [0.5, 0.6) is 5.75 Å². The van der Waals surface area contributed by atoms with E-state index in [1.54, 1.807) is 6.92 Å². The number of carboxylic acids is 1. The SMILES string of the molecule is CCC(C)Oc1cccc(-n2nc(C(=O)O)nc2C)c1. The van der Waals surface area contributed by atoms with Crippen LogP contribution in [0, 0.1) is 6.92 Å². The number of benzene rings is 1. The van der Waals surface area contributed by atoms with Crippen LogP contribution in [0.2, 0.25) is 0 Å². The van der Waals surface area contributed by atoms with E-state index in [0.29, 0.717) is 5.82 Å². The first-order chi connectivity index (χ1) is 9.51. The molecule has 106 valence electrons. The minimum absolute atomic E-state index is 0.122. The van der Waals surface area contributed by atoms with Crippen molar-refractivity contribution < 1.29 is 14.6 Å². The first kappa shape index (κ1) is 14.0. The van der Waals surface area contributed by atoms with Crippen molar-refractivity contribution in [2.45, 2.75) is 33.3 Å². The molecule has 1 N–H and O–H groups in total. The van der Waals surface area contributed by atoms with Crippen molar-refractivity contribution in [3.63, 3.8) is 0 Å². The first-order valence-corrected chi connectivity index (χ1v) is 6.45. The van der Waals surface area contributed by atoms with E-state index in [9.17, 15) is 4.79 Å². The lowest BCUT2D eigenvalue weighted by atomic mass is 10.3. The summed E-state index contributed by atoms with van der Waals surface area (Å²) in [5.41, 5.74) is 0.725. The number of carboxylic acid groups (broad SMARTS) is 1. The van der Waals surface area contributed by atoms with Crippen molar-refractivity contribution in [1.82, 2.24) is 14.8 Å². The predicted molar refractivity (Wildman–Crippen MR) is 73.4 cm³/mol. The van der Waals surface area contributed by atoms with Crippen LogP contribution in [-0.2, 0) is 0 Å². The van der Waals surface area contributed by atoms with Gasteiger partial charge in [-0.2, -0.15) is 0 Å². The molecule has 1 aromatic carbocycles. The molecule has 1 heterocycles. The predicted octanol–water partition coefficient (Wildman–Crippen LogP) is 2.45. The second-order valence-electron chi connectivity index (χ2n) is 4.53. The van der Waals surface area contributed by atoms with Crippen molar-refractivity contribution in [2.75, 3.05) is 0 Å². The van der Waals surface area contributed by atoms with E-state index < -0.39 is 5.97 Å². The summed E-state index contributed by atoms with van der Waals surface area (Å²) in [5.74, 6) is -0.110. The van der Waals surface area contributed by atoms with Crippen LogP contribution in [0.25, 0.3) is 5.69 Å². The molecular formula is C14H17N3O3. The van der Waals surface area contributed by atoms with Gasteiger partial charge in [0.1, 0.15) is 11.6 Å². The second-order valence-corrected chi connectivity index (χ2v) is 4.53. The van der Waals surface area contributed by atoms with Gasteiger partial charge in [0.15, 0.2) is 0 Å². The van der Waals surface area contributed by atoms with Gasteiger partial charge in [-0.15, -0.1) is 5.10 Å². The lowest BCUT2D eigenvalue weighted by Crippen LogP contribution is -2.10. The largest absolute Gasteiger partial charge is 0.491 e. The van der Waals surface area contributed by atoms with Gasteiger partial charge in [0, 0.05) is 6.07 Å². The van der Waals surface area contributed by atoms with Gasteiger partial charge in [0.25, 0.3) is 5.82 Å². The van der Waals surface area contributed by atoms with Crippen LogP contribution >= 0.6 is 0 Å². The molecule has 0 spiro atoms. The number of aromatic nitrogens is 3. The summed E-state index contributed by atoms with van der Waals surface area (Å²) in [6.07, 6.45) is 1.03. The highest BCUT2D eigenvalue weighted by Gasteiger charge is 2.14. The van der Waals surface area contributed by atoms with Gasteiger partial charge in [-0.25, -0.2) is 14.5 Å². The summed E-state index contributed by atoms with van der Waals surface area (Å²) in [6.45, 7) is 5.76. The van der Waals surface area contributed by atoms with Crippen LogP contribution in [0.1, 0.15) is 36.7 Å². The maximum Gasteiger partial charge on any atom is 0.375 e. The van der Waals surface area contributed by atoms with E-state index in [1.807, 2.05) is 31.2 Å². The number of hydrogen-bond acceptors (Lipinski definition) is 4. The van der Waals surface area contributed by atoms with E-state index in [-0.39, 0.29) is 11.9 Å². The van der Waals surface area contributed by atoms with Crippen LogP contribution < -0.4 is 4.74 Å². The second kappa shape index (κ2) is 5.73. The summed E-state index contributed by atoms with van der Waals surface area (Å²) < 4.78 is 7.23. The average molecular weight is 275 g/mol. The standard InChI is InChI=1S/C14H17N3O3/c1-4-9(2)20-12-7-5-6-11(8-12)17-10(3)15-13(16-17)14(18)19/h5-9H,4H2,1-3H3,(H,18,19). The molecular weight excluding hydrogens is 258 g/mol. The highest BCUT2D eigenvalue weighted by molar-refractivity contribution is 5.83. The number of rotatable bonds is 5. The fraction of sp³-hybridized carbons (Fsp3) is 0.357. The Morgan fingerprint density at radius 2 is 2.25 bits per heavy atom. The summed E-state index contributed by atoms with van der Waals surface area (Å²) in [4.78, 5) is 14.8. The molecule has 0 bridgehead atoms. The molecule has 2 aromatic rings. The number of ether oxygens (including phenoxy) is 1. The zero-order valence-electron chi connectivity index (χ0n) is 11.7. The lowest BCUT2D eigenvalue weighted by molar-refractivity contribution is 0.0683. The van der Waals surface area contributed by atoms with Gasteiger partial charge < -0.3 is 9.84 Å². The lowest BCUT2D eigenvalue weighted by Gasteiger charge is -2.13. The molecule has 2 rings (SSSR count). The highest BCUT2D eigenvalue weighted by atomic mass is 16.5. The molecule has 0 radical (unpaired) electrons. The number of aryl methyl sites for hydroxylation is 1. The Labute approximate surface area is 117 Å². The number of nitrogens with zero attached hydrogens (tertiary/aromatic N) is 3. The number of carbonyl (C=O) groups is 1. The Kier molecular flexibility index (Phi) is 4.02. The van der Waals surface area contributed by atoms with Gasteiger partial charge in [-0.1, -0.05) is 13.0 Å². The van der Waals surface area contributed by atoms with E-state index >= 15 is 0 Å². The zero-order valence-corrected chi connectivity index (χ0v) is 11.7. The molecule has 0 saturated heterocycles. The summed E-state index contributed by atoms with van der Waals surface area (Å²) in [5, 5.41) is 12.9. The Morgan fingerprint density at radius 1 is 1.50 bits per heavy atom. The van der Waals surface area contributed by atoms with E-state index in [0.717, 1.165) is 17.9 Å². The molecule has 6 heteroatoms. The van der Waals surface area contributed by atoms with Crippen molar-refractivity contribution in [1.29, 1.82) is 0 Å². The third kappa shape index (κ3) is 2.96. The molecule has 0 amide bonds. The minimum Gasteiger partial charge on any atom is -0.491 e.